The fourth-order valence-corrected chi connectivity index (χ4v) is 2.83. The molecule has 1 amide bonds. The van der Waals surface area contributed by atoms with Crippen molar-refractivity contribution in [3.63, 3.8) is 0 Å². The summed E-state index contributed by atoms with van der Waals surface area (Å²) in [4.78, 5) is 22.0. The highest BCUT2D eigenvalue weighted by molar-refractivity contribution is 5.67. The minimum atomic E-state index is -0.406. The molecule has 2 N–H and O–H groups in total. The smallest absolute Gasteiger partial charge is 0.407 e. The van der Waals surface area contributed by atoms with Gasteiger partial charge in [-0.05, 0) is 24.0 Å². The number of ether oxygens (including phenoxy) is 1. The molecule has 2 aromatic carbocycles. The number of rotatable bonds is 7. The van der Waals surface area contributed by atoms with Gasteiger partial charge in [-0.3, -0.25) is 10.1 Å². The van der Waals surface area contributed by atoms with Gasteiger partial charge in [0, 0.05) is 30.8 Å². The minimum Gasteiger partial charge on any atom is -0.445 e. The van der Waals surface area contributed by atoms with Gasteiger partial charge in [-0.2, -0.15) is 0 Å². The Morgan fingerprint density at radius 1 is 1.04 bits per heavy atom. The van der Waals surface area contributed by atoms with E-state index in [0.717, 1.165) is 24.0 Å². The summed E-state index contributed by atoms with van der Waals surface area (Å²) in [5.74, 6) is 0. The standard InChI is InChI=1S/C19H21N3O4/c23-19(26-13-15-4-2-1-3-5-15)21-17-10-16(11-17)20-12-14-6-8-18(9-7-14)22(24)25/h1-9,16-17,20H,10-13H2,(H,21,23). The summed E-state index contributed by atoms with van der Waals surface area (Å²) in [7, 11) is 0. The van der Waals surface area contributed by atoms with Crippen molar-refractivity contribution in [1.82, 2.24) is 10.6 Å². The predicted octanol–water partition coefficient (Wildman–Crippen LogP) is 3.14. The fourth-order valence-electron chi connectivity index (χ4n) is 2.83. The summed E-state index contributed by atoms with van der Waals surface area (Å²) in [6, 6.07) is 16.5. The Balaban J connectivity index is 1.31. The second kappa shape index (κ2) is 8.44. The summed E-state index contributed by atoms with van der Waals surface area (Å²) in [5, 5.41) is 16.9. The van der Waals surface area contributed by atoms with Crippen LogP contribution in [-0.2, 0) is 17.9 Å². The van der Waals surface area contributed by atoms with Crippen molar-refractivity contribution in [1.29, 1.82) is 0 Å². The third kappa shape index (κ3) is 5.03. The van der Waals surface area contributed by atoms with E-state index in [1.54, 1.807) is 12.1 Å². The molecular formula is C19H21N3O4. The third-order valence-electron chi connectivity index (χ3n) is 4.41. The van der Waals surface area contributed by atoms with Crippen molar-refractivity contribution in [2.75, 3.05) is 0 Å². The molecule has 0 bridgehead atoms. The van der Waals surface area contributed by atoms with Crippen LogP contribution in [0.2, 0.25) is 0 Å². The van der Waals surface area contributed by atoms with Crippen LogP contribution in [0, 0.1) is 10.1 Å². The molecule has 0 saturated heterocycles. The number of carbonyl (C=O) groups excluding carboxylic acids is 1. The number of benzene rings is 2. The SMILES string of the molecule is O=C(NC1CC(NCc2ccc([N+](=O)[O-])cc2)C1)OCc1ccccc1. The molecule has 0 unspecified atom stereocenters. The molecule has 7 heteroatoms. The van der Waals surface area contributed by atoms with Crippen LogP contribution in [-0.4, -0.2) is 23.1 Å². The lowest BCUT2D eigenvalue weighted by molar-refractivity contribution is -0.384. The van der Waals surface area contributed by atoms with Gasteiger partial charge in [0.2, 0.25) is 0 Å². The van der Waals surface area contributed by atoms with Crippen molar-refractivity contribution in [3.05, 3.63) is 75.8 Å². The number of hydrogen-bond acceptors (Lipinski definition) is 5. The zero-order valence-corrected chi connectivity index (χ0v) is 14.3. The summed E-state index contributed by atoms with van der Waals surface area (Å²) in [6.45, 7) is 0.912. The number of nitro groups is 1. The highest BCUT2D eigenvalue weighted by Crippen LogP contribution is 2.21. The summed E-state index contributed by atoms with van der Waals surface area (Å²) < 4.78 is 5.20. The number of non-ortho nitro benzene ring substituents is 1. The minimum absolute atomic E-state index is 0.0932. The Kier molecular flexibility index (Phi) is 5.80. The number of nitro benzene ring substituents is 1. The van der Waals surface area contributed by atoms with Crippen LogP contribution >= 0.6 is 0 Å². The van der Waals surface area contributed by atoms with E-state index in [-0.39, 0.29) is 18.3 Å². The van der Waals surface area contributed by atoms with E-state index in [1.807, 2.05) is 30.3 Å². The van der Waals surface area contributed by atoms with Gasteiger partial charge in [0.05, 0.1) is 4.92 Å². The van der Waals surface area contributed by atoms with Crippen LogP contribution in [0.4, 0.5) is 10.5 Å². The van der Waals surface area contributed by atoms with Crippen molar-refractivity contribution in [2.24, 2.45) is 0 Å². The maximum atomic E-state index is 11.8. The molecule has 1 aliphatic carbocycles. The average Bonchev–Trinajstić information content (AvgIpc) is 2.63. The highest BCUT2D eigenvalue weighted by Gasteiger charge is 2.30. The maximum absolute atomic E-state index is 11.8. The van der Waals surface area contributed by atoms with Crippen LogP contribution in [0.1, 0.15) is 24.0 Å². The third-order valence-corrected chi connectivity index (χ3v) is 4.41. The lowest BCUT2D eigenvalue weighted by atomic mass is 9.87. The Labute approximate surface area is 151 Å². The van der Waals surface area contributed by atoms with Gasteiger partial charge in [-0.25, -0.2) is 4.79 Å². The first-order chi connectivity index (χ1) is 12.6. The zero-order valence-electron chi connectivity index (χ0n) is 14.3. The monoisotopic (exact) mass is 355 g/mol. The van der Waals surface area contributed by atoms with Crippen molar-refractivity contribution < 1.29 is 14.5 Å². The Hall–Kier alpha value is -2.93. The lowest BCUT2D eigenvalue weighted by Gasteiger charge is -2.36. The first-order valence-electron chi connectivity index (χ1n) is 8.54. The van der Waals surface area contributed by atoms with E-state index < -0.39 is 11.0 Å². The normalized spacial score (nSPS) is 18.6. The Morgan fingerprint density at radius 3 is 2.38 bits per heavy atom. The Bertz CT molecular complexity index is 743. The van der Waals surface area contributed by atoms with Gasteiger partial charge < -0.3 is 15.4 Å². The summed E-state index contributed by atoms with van der Waals surface area (Å²) in [6.07, 6.45) is 1.29. The number of nitrogens with zero attached hydrogens (tertiary/aromatic N) is 1. The molecule has 3 rings (SSSR count). The molecule has 1 aliphatic rings. The molecule has 0 spiro atoms. The molecule has 136 valence electrons. The van der Waals surface area contributed by atoms with Gasteiger partial charge in [0.1, 0.15) is 6.61 Å². The van der Waals surface area contributed by atoms with Crippen LogP contribution < -0.4 is 10.6 Å². The second-order valence-electron chi connectivity index (χ2n) is 6.38. The number of carbonyl (C=O) groups is 1. The van der Waals surface area contributed by atoms with Crippen LogP contribution in [0.15, 0.2) is 54.6 Å². The molecule has 1 saturated carbocycles. The number of hydrogen-bond donors (Lipinski definition) is 2. The van der Waals surface area contributed by atoms with Gasteiger partial charge >= 0.3 is 6.09 Å². The first-order valence-corrected chi connectivity index (χ1v) is 8.54. The van der Waals surface area contributed by atoms with E-state index in [1.165, 1.54) is 12.1 Å². The van der Waals surface area contributed by atoms with Gasteiger partial charge in [0.15, 0.2) is 0 Å². The van der Waals surface area contributed by atoms with Gasteiger partial charge in [-0.1, -0.05) is 42.5 Å². The van der Waals surface area contributed by atoms with Crippen LogP contribution in [0.25, 0.3) is 0 Å². The average molecular weight is 355 g/mol. The fraction of sp³-hybridized carbons (Fsp3) is 0.316. The van der Waals surface area contributed by atoms with Crippen molar-refractivity contribution in [2.45, 2.75) is 38.1 Å². The van der Waals surface area contributed by atoms with Crippen LogP contribution in [0.3, 0.4) is 0 Å². The number of alkyl carbamates (subject to hydrolysis) is 1. The molecule has 26 heavy (non-hydrogen) atoms. The topological polar surface area (TPSA) is 93.5 Å². The molecule has 0 atom stereocenters. The molecule has 0 radical (unpaired) electrons. The highest BCUT2D eigenvalue weighted by atomic mass is 16.6. The van der Waals surface area contributed by atoms with E-state index in [2.05, 4.69) is 10.6 Å². The zero-order chi connectivity index (χ0) is 18.4. The predicted molar refractivity (Wildman–Crippen MR) is 96.5 cm³/mol. The molecule has 1 fully saturated rings. The lowest BCUT2D eigenvalue weighted by Crippen LogP contribution is -2.52. The molecule has 2 aromatic rings. The maximum Gasteiger partial charge on any atom is 0.407 e. The molecule has 7 nitrogen and oxygen atoms in total. The van der Waals surface area contributed by atoms with Gasteiger partial charge in [-0.15, -0.1) is 0 Å². The Morgan fingerprint density at radius 2 is 1.73 bits per heavy atom. The largest absolute Gasteiger partial charge is 0.445 e. The van der Waals surface area contributed by atoms with E-state index in [9.17, 15) is 14.9 Å². The first kappa shape index (κ1) is 17.9. The van der Waals surface area contributed by atoms with Crippen molar-refractivity contribution >= 4 is 11.8 Å². The van der Waals surface area contributed by atoms with Gasteiger partial charge in [0.25, 0.3) is 5.69 Å². The summed E-state index contributed by atoms with van der Waals surface area (Å²) in [5.41, 5.74) is 2.05. The summed E-state index contributed by atoms with van der Waals surface area (Å²) >= 11 is 0. The number of nitrogens with one attached hydrogen (secondary N) is 2. The quantitative estimate of drug-likeness (QED) is 0.588. The molecular weight excluding hydrogens is 334 g/mol. The van der Waals surface area contributed by atoms with E-state index in [0.29, 0.717) is 12.6 Å². The van der Waals surface area contributed by atoms with E-state index in [4.69, 9.17) is 4.74 Å². The molecule has 0 aliphatic heterocycles. The number of amides is 1. The van der Waals surface area contributed by atoms with Crippen molar-refractivity contribution in [3.8, 4) is 0 Å². The van der Waals surface area contributed by atoms with E-state index >= 15 is 0 Å². The molecule has 0 aromatic heterocycles. The second-order valence-corrected chi connectivity index (χ2v) is 6.38. The molecule has 0 heterocycles. The van der Waals surface area contributed by atoms with Crippen LogP contribution in [0.5, 0.6) is 0 Å².